The van der Waals surface area contributed by atoms with Gasteiger partial charge in [-0.25, -0.2) is 0 Å². The van der Waals surface area contributed by atoms with Gasteiger partial charge in [0.25, 0.3) is 5.91 Å². The van der Waals surface area contributed by atoms with E-state index in [2.05, 4.69) is 30.5 Å². The standard InChI is InChI=1S/C17H24N2O/c1-3-5-15-6-8-16(9-7-15)17(20)19-13-11-18(10-4-2)12-14-19/h4,6-9H,2-3,5,10-14H2,1H3. The second-order valence-electron chi connectivity index (χ2n) is 5.33. The van der Waals surface area contributed by atoms with Gasteiger partial charge in [-0.3, -0.25) is 9.69 Å². The summed E-state index contributed by atoms with van der Waals surface area (Å²) >= 11 is 0. The Morgan fingerprint density at radius 1 is 1.20 bits per heavy atom. The van der Waals surface area contributed by atoms with E-state index in [1.165, 1.54) is 5.56 Å². The van der Waals surface area contributed by atoms with Gasteiger partial charge in [0.1, 0.15) is 0 Å². The van der Waals surface area contributed by atoms with Gasteiger partial charge in [-0.05, 0) is 24.1 Å². The minimum absolute atomic E-state index is 0.159. The van der Waals surface area contributed by atoms with Crippen LogP contribution in [0.1, 0.15) is 29.3 Å². The third-order valence-corrected chi connectivity index (χ3v) is 3.79. The molecule has 0 aliphatic carbocycles. The molecule has 0 atom stereocenters. The third kappa shape index (κ3) is 3.70. The van der Waals surface area contributed by atoms with E-state index in [9.17, 15) is 4.79 Å². The van der Waals surface area contributed by atoms with Gasteiger partial charge in [-0.15, -0.1) is 6.58 Å². The zero-order chi connectivity index (χ0) is 14.4. The number of carbonyl (C=O) groups is 1. The molecule has 1 aliphatic heterocycles. The monoisotopic (exact) mass is 272 g/mol. The molecular formula is C17H24N2O. The first kappa shape index (κ1) is 14.8. The maximum atomic E-state index is 12.4. The molecule has 108 valence electrons. The molecule has 2 rings (SSSR count). The van der Waals surface area contributed by atoms with E-state index in [0.717, 1.165) is 51.1 Å². The summed E-state index contributed by atoms with van der Waals surface area (Å²) in [7, 11) is 0. The Labute approximate surface area is 121 Å². The van der Waals surface area contributed by atoms with E-state index < -0.39 is 0 Å². The van der Waals surface area contributed by atoms with Crippen molar-refractivity contribution in [2.45, 2.75) is 19.8 Å². The lowest BCUT2D eigenvalue weighted by molar-refractivity contribution is 0.0650. The van der Waals surface area contributed by atoms with Gasteiger partial charge in [0.05, 0.1) is 0 Å². The SMILES string of the molecule is C=CCN1CCN(C(=O)c2ccc(CCC)cc2)CC1. The van der Waals surface area contributed by atoms with Crippen LogP contribution in [-0.2, 0) is 6.42 Å². The van der Waals surface area contributed by atoms with Gasteiger partial charge in [-0.2, -0.15) is 0 Å². The van der Waals surface area contributed by atoms with Crippen molar-refractivity contribution >= 4 is 5.91 Å². The fourth-order valence-electron chi connectivity index (χ4n) is 2.60. The molecule has 1 fully saturated rings. The molecule has 0 aromatic heterocycles. The summed E-state index contributed by atoms with van der Waals surface area (Å²) in [5.41, 5.74) is 2.11. The predicted octanol–water partition coefficient (Wildman–Crippen LogP) is 2.58. The van der Waals surface area contributed by atoms with E-state index in [1.807, 2.05) is 23.1 Å². The Kier molecular flexibility index (Phi) is 5.36. The highest BCUT2D eigenvalue weighted by atomic mass is 16.2. The lowest BCUT2D eigenvalue weighted by atomic mass is 10.1. The first-order chi connectivity index (χ1) is 9.74. The highest BCUT2D eigenvalue weighted by molar-refractivity contribution is 5.94. The minimum atomic E-state index is 0.159. The fraction of sp³-hybridized carbons (Fsp3) is 0.471. The van der Waals surface area contributed by atoms with Crippen LogP contribution < -0.4 is 0 Å². The fourth-order valence-corrected chi connectivity index (χ4v) is 2.60. The molecule has 0 bridgehead atoms. The summed E-state index contributed by atoms with van der Waals surface area (Å²) < 4.78 is 0. The molecule has 0 N–H and O–H groups in total. The van der Waals surface area contributed by atoms with Crippen LogP contribution in [0.5, 0.6) is 0 Å². The van der Waals surface area contributed by atoms with E-state index in [4.69, 9.17) is 0 Å². The average Bonchev–Trinajstić information content (AvgIpc) is 2.49. The Morgan fingerprint density at radius 3 is 2.40 bits per heavy atom. The molecule has 0 saturated carbocycles. The molecule has 3 nitrogen and oxygen atoms in total. The molecule has 1 saturated heterocycles. The topological polar surface area (TPSA) is 23.6 Å². The van der Waals surface area contributed by atoms with E-state index in [-0.39, 0.29) is 5.91 Å². The lowest BCUT2D eigenvalue weighted by Gasteiger charge is -2.34. The number of nitrogens with zero attached hydrogens (tertiary/aromatic N) is 2. The molecule has 20 heavy (non-hydrogen) atoms. The largest absolute Gasteiger partial charge is 0.336 e. The maximum Gasteiger partial charge on any atom is 0.253 e. The third-order valence-electron chi connectivity index (χ3n) is 3.79. The first-order valence-electron chi connectivity index (χ1n) is 7.46. The molecular weight excluding hydrogens is 248 g/mol. The summed E-state index contributed by atoms with van der Waals surface area (Å²) in [5, 5.41) is 0. The molecule has 3 heteroatoms. The van der Waals surface area contributed by atoms with Gasteiger partial charge in [-0.1, -0.05) is 31.6 Å². The Morgan fingerprint density at radius 2 is 1.85 bits per heavy atom. The number of rotatable bonds is 5. The van der Waals surface area contributed by atoms with Crippen LogP contribution in [0.3, 0.4) is 0 Å². The summed E-state index contributed by atoms with van der Waals surface area (Å²) in [4.78, 5) is 16.7. The molecule has 0 spiro atoms. The van der Waals surface area contributed by atoms with Gasteiger partial charge in [0.2, 0.25) is 0 Å². The van der Waals surface area contributed by atoms with Gasteiger partial charge in [0.15, 0.2) is 0 Å². The van der Waals surface area contributed by atoms with Crippen molar-refractivity contribution in [2.75, 3.05) is 32.7 Å². The van der Waals surface area contributed by atoms with Crippen LogP contribution in [-0.4, -0.2) is 48.4 Å². The highest BCUT2D eigenvalue weighted by Crippen LogP contribution is 2.11. The maximum absolute atomic E-state index is 12.4. The number of amides is 1. The zero-order valence-electron chi connectivity index (χ0n) is 12.3. The quantitative estimate of drug-likeness (QED) is 0.769. The van der Waals surface area contributed by atoms with Crippen LogP contribution in [0.25, 0.3) is 0 Å². The van der Waals surface area contributed by atoms with Crippen molar-refractivity contribution in [3.8, 4) is 0 Å². The molecule has 1 aromatic rings. The number of benzene rings is 1. The van der Waals surface area contributed by atoms with Crippen molar-refractivity contribution in [1.29, 1.82) is 0 Å². The van der Waals surface area contributed by atoms with Crippen molar-refractivity contribution < 1.29 is 4.79 Å². The lowest BCUT2D eigenvalue weighted by Crippen LogP contribution is -2.48. The molecule has 1 amide bonds. The van der Waals surface area contributed by atoms with Crippen LogP contribution in [0.2, 0.25) is 0 Å². The number of carbonyl (C=O) groups excluding carboxylic acids is 1. The first-order valence-corrected chi connectivity index (χ1v) is 7.46. The smallest absolute Gasteiger partial charge is 0.253 e. The van der Waals surface area contributed by atoms with Crippen LogP contribution in [0.4, 0.5) is 0 Å². The summed E-state index contributed by atoms with van der Waals surface area (Å²) in [5.74, 6) is 0.159. The van der Waals surface area contributed by atoms with Crippen molar-refractivity contribution in [1.82, 2.24) is 9.80 Å². The van der Waals surface area contributed by atoms with Crippen LogP contribution in [0, 0.1) is 0 Å². The molecule has 1 aromatic carbocycles. The van der Waals surface area contributed by atoms with Crippen molar-refractivity contribution in [3.63, 3.8) is 0 Å². The average molecular weight is 272 g/mol. The van der Waals surface area contributed by atoms with Gasteiger partial charge < -0.3 is 4.90 Å². The molecule has 1 heterocycles. The highest BCUT2D eigenvalue weighted by Gasteiger charge is 2.21. The Hall–Kier alpha value is -1.61. The summed E-state index contributed by atoms with van der Waals surface area (Å²) in [6.07, 6.45) is 4.14. The molecule has 1 aliphatic rings. The van der Waals surface area contributed by atoms with Crippen LogP contribution >= 0.6 is 0 Å². The number of aryl methyl sites for hydroxylation is 1. The van der Waals surface area contributed by atoms with E-state index in [0.29, 0.717) is 0 Å². The summed E-state index contributed by atoms with van der Waals surface area (Å²) in [6, 6.07) is 8.07. The molecule has 0 unspecified atom stereocenters. The summed E-state index contributed by atoms with van der Waals surface area (Å²) in [6.45, 7) is 10.3. The van der Waals surface area contributed by atoms with E-state index in [1.54, 1.807) is 0 Å². The number of piperazine rings is 1. The number of hydrogen-bond acceptors (Lipinski definition) is 2. The number of hydrogen-bond donors (Lipinski definition) is 0. The predicted molar refractivity (Wildman–Crippen MR) is 83.0 cm³/mol. The van der Waals surface area contributed by atoms with Crippen LogP contribution in [0.15, 0.2) is 36.9 Å². The second kappa shape index (κ2) is 7.25. The normalized spacial score (nSPS) is 16.1. The van der Waals surface area contributed by atoms with Gasteiger partial charge in [0, 0.05) is 38.3 Å². The Bertz CT molecular complexity index is 445. The van der Waals surface area contributed by atoms with Crippen molar-refractivity contribution in [2.24, 2.45) is 0 Å². The Balaban J connectivity index is 1.93. The second-order valence-corrected chi connectivity index (χ2v) is 5.33. The van der Waals surface area contributed by atoms with Crippen molar-refractivity contribution in [3.05, 3.63) is 48.0 Å². The molecule has 0 radical (unpaired) electrons. The zero-order valence-corrected chi connectivity index (χ0v) is 12.3. The van der Waals surface area contributed by atoms with Gasteiger partial charge >= 0.3 is 0 Å². The minimum Gasteiger partial charge on any atom is -0.336 e. The van der Waals surface area contributed by atoms with E-state index >= 15 is 0 Å².